The Morgan fingerprint density at radius 3 is 1.70 bits per heavy atom. The Bertz CT molecular complexity index is 809. The van der Waals surface area contributed by atoms with Crippen molar-refractivity contribution in [3.63, 3.8) is 0 Å². The monoisotopic (exact) mass is 423 g/mol. The van der Waals surface area contributed by atoms with Gasteiger partial charge in [-0.05, 0) is 35.2 Å². The Hall–Kier alpha value is -2.43. The van der Waals surface area contributed by atoms with E-state index in [0.29, 0.717) is 19.5 Å². The van der Waals surface area contributed by atoms with Crippen molar-refractivity contribution >= 4 is 21.9 Å². The average Bonchev–Trinajstić information content (AvgIpc) is 2.68. The number of nitrogens with zero attached hydrogens (tertiary/aromatic N) is 1. The van der Waals surface area contributed by atoms with Crippen LogP contribution in [0.2, 0.25) is 0 Å². The summed E-state index contributed by atoms with van der Waals surface area (Å²) in [7, 11) is 0. The molecule has 27 heavy (non-hydrogen) atoms. The van der Waals surface area contributed by atoms with E-state index in [1.54, 1.807) is 0 Å². The average molecular weight is 424 g/mol. The number of carboxylic acid groups (broad SMARTS) is 1. The third-order valence-electron chi connectivity index (χ3n) is 4.53. The summed E-state index contributed by atoms with van der Waals surface area (Å²) in [6, 6.07) is 27.3. The molecule has 0 bridgehead atoms. The van der Waals surface area contributed by atoms with Gasteiger partial charge in [0.1, 0.15) is 6.04 Å². The van der Waals surface area contributed by atoms with E-state index < -0.39 is 12.0 Å². The summed E-state index contributed by atoms with van der Waals surface area (Å²) < 4.78 is 0.989. The van der Waals surface area contributed by atoms with Crippen LogP contribution in [0.15, 0.2) is 89.4 Å². The van der Waals surface area contributed by atoms with Crippen LogP contribution in [-0.2, 0) is 24.3 Å². The maximum atomic E-state index is 12.1. The van der Waals surface area contributed by atoms with Gasteiger partial charge >= 0.3 is 5.97 Å². The SMILES string of the molecule is O=C(O)C(Cc1ccc(Br)cc1)N(Cc1ccccc1)Cc1ccccc1. The highest BCUT2D eigenvalue weighted by molar-refractivity contribution is 9.10. The molecule has 0 aromatic heterocycles. The van der Waals surface area contributed by atoms with Crippen LogP contribution >= 0.6 is 15.9 Å². The van der Waals surface area contributed by atoms with Gasteiger partial charge < -0.3 is 5.11 Å². The van der Waals surface area contributed by atoms with Gasteiger partial charge in [-0.25, -0.2) is 0 Å². The van der Waals surface area contributed by atoms with Gasteiger partial charge in [0.25, 0.3) is 0 Å². The van der Waals surface area contributed by atoms with E-state index in [-0.39, 0.29) is 0 Å². The maximum Gasteiger partial charge on any atom is 0.321 e. The van der Waals surface area contributed by atoms with Crippen LogP contribution in [0, 0.1) is 0 Å². The molecule has 3 nitrogen and oxygen atoms in total. The van der Waals surface area contributed by atoms with Crippen LogP contribution < -0.4 is 0 Å². The molecule has 4 heteroatoms. The summed E-state index contributed by atoms with van der Waals surface area (Å²) in [6.07, 6.45) is 0.461. The second kappa shape index (κ2) is 9.49. The molecular formula is C23H22BrNO2. The second-order valence-electron chi connectivity index (χ2n) is 6.56. The molecule has 0 heterocycles. The summed E-state index contributed by atoms with van der Waals surface area (Å²) in [6.45, 7) is 1.17. The molecule has 1 atom stereocenters. The highest BCUT2D eigenvalue weighted by Crippen LogP contribution is 2.19. The van der Waals surface area contributed by atoms with Gasteiger partial charge in [0.2, 0.25) is 0 Å². The lowest BCUT2D eigenvalue weighted by molar-refractivity contribution is -0.143. The lowest BCUT2D eigenvalue weighted by Crippen LogP contribution is -2.42. The maximum absolute atomic E-state index is 12.1. The van der Waals surface area contributed by atoms with Gasteiger partial charge in [-0.3, -0.25) is 9.69 Å². The number of hydrogen-bond donors (Lipinski definition) is 1. The molecular weight excluding hydrogens is 402 g/mol. The number of rotatable bonds is 8. The minimum Gasteiger partial charge on any atom is -0.480 e. The number of aliphatic carboxylic acids is 1. The Morgan fingerprint density at radius 2 is 1.26 bits per heavy atom. The van der Waals surface area contributed by atoms with Gasteiger partial charge in [0, 0.05) is 17.6 Å². The Labute approximate surface area is 168 Å². The van der Waals surface area contributed by atoms with Gasteiger partial charge in [-0.1, -0.05) is 88.7 Å². The number of halogens is 1. The fraction of sp³-hybridized carbons (Fsp3) is 0.174. The zero-order valence-electron chi connectivity index (χ0n) is 15.0. The van der Waals surface area contributed by atoms with Gasteiger partial charge in [0.15, 0.2) is 0 Å². The highest BCUT2D eigenvalue weighted by atomic mass is 79.9. The third kappa shape index (κ3) is 5.78. The van der Waals surface area contributed by atoms with E-state index in [2.05, 4.69) is 15.9 Å². The van der Waals surface area contributed by atoms with E-state index >= 15 is 0 Å². The standard InChI is InChI=1S/C23H22BrNO2/c24-21-13-11-18(12-14-21)15-22(23(26)27)25(16-19-7-3-1-4-8-19)17-20-9-5-2-6-10-20/h1-14,22H,15-17H2,(H,26,27). The summed E-state index contributed by atoms with van der Waals surface area (Å²) in [5, 5.41) is 9.96. The normalized spacial score (nSPS) is 12.1. The van der Waals surface area contributed by atoms with Crippen LogP contribution in [-0.4, -0.2) is 22.0 Å². The zero-order chi connectivity index (χ0) is 19.1. The molecule has 0 aliphatic carbocycles. The van der Waals surface area contributed by atoms with Crippen molar-refractivity contribution in [3.8, 4) is 0 Å². The molecule has 1 unspecified atom stereocenters. The van der Waals surface area contributed by atoms with E-state index in [1.807, 2.05) is 89.8 Å². The fourth-order valence-electron chi connectivity index (χ4n) is 3.13. The largest absolute Gasteiger partial charge is 0.480 e. The summed E-state index contributed by atoms with van der Waals surface area (Å²) in [5.74, 6) is -0.801. The number of hydrogen-bond acceptors (Lipinski definition) is 2. The fourth-order valence-corrected chi connectivity index (χ4v) is 3.39. The number of benzene rings is 3. The zero-order valence-corrected chi connectivity index (χ0v) is 16.5. The first-order chi connectivity index (χ1) is 13.1. The second-order valence-corrected chi connectivity index (χ2v) is 7.48. The molecule has 3 rings (SSSR count). The molecule has 0 amide bonds. The van der Waals surface area contributed by atoms with Crippen molar-refractivity contribution in [2.24, 2.45) is 0 Å². The highest BCUT2D eigenvalue weighted by Gasteiger charge is 2.26. The predicted molar refractivity (Wildman–Crippen MR) is 111 cm³/mol. The number of carboxylic acids is 1. The van der Waals surface area contributed by atoms with Crippen molar-refractivity contribution in [2.45, 2.75) is 25.6 Å². The summed E-state index contributed by atoms with van der Waals surface area (Å²) in [5.41, 5.74) is 3.22. The minimum atomic E-state index is -0.801. The van der Waals surface area contributed by atoms with Gasteiger partial charge in [0.05, 0.1) is 0 Å². The van der Waals surface area contributed by atoms with Crippen molar-refractivity contribution in [1.29, 1.82) is 0 Å². The van der Waals surface area contributed by atoms with Crippen molar-refractivity contribution in [1.82, 2.24) is 4.90 Å². The minimum absolute atomic E-state index is 0.461. The van der Waals surface area contributed by atoms with Crippen molar-refractivity contribution < 1.29 is 9.90 Å². The lowest BCUT2D eigenvalue weighted by atomic mass is 10.0. The molecule has 1 N–H and O–H groups in total. The first-order valence-electron chi connectivity index (χ1n) is 8.91. The van der Waals surface area contributed by atoms with Crippen molar-refractivity contribution in [2.75, 3.05) is 0 Å². The van der Waals surface area contributed by atoms with Crippen molar-refractivity contribution in [3.05, 3.63) is 106 Å². The van der Waals surface area contributed by atoms with Gasteiger partial charge in [-0.15, -0.1) is 0 Å². The first-order valence-corrected chi connectivity index (χ1v) is 9.70. The Morgan fingerprint density at radius 1 is 0.778 bits per heavy atom. The molecule has 0 saturated carbocycles. The molecule has 138 valence electrons. The van der Waals surface area contributed by atoms with E-state index in [0.717, 1.165) is 21.2 Å². The van der Waals surface area contributed by atoms with E-state index in [4.69, 9.17) is 0 Å². The molecule has 0 fully saturated rings. The van der Waals surface area contributed by atoms with E-state index in [9.17, 15) is 9.90 Å². The first kappa shape index (κ1) is 19.3. The smallest absolute Gasteiger partial charge is 0.321 e. The topological polar surface area (TPSA) is 40.5 Å². The van der Waals surface area contributed by atoms with Crippen LogP contribution in [0.3, 0.4) is 0 Å². The molecule has 3 aromatic carbocycles. The molecule has 3 aromatic rings. The van der Waals surface area contributed by atoms with Gasteiger partial charge in [-0.2, -0.15) is 0 Å². The van der Waals surface area contributed by atoms with Crippen LogP contribution in [0.4, 0.5) is 0 Å². The lowest BCUT2D eigenvalue weighted by Gasteiger charge is -2.29. The Kier molecular flexibility index (Phi) is 6.80. The quantitative estimate of drug-likeness (QED) is 0.544. The molecule has 0 aliphatic heterocycles. The summed E-state index contributed by atoms with van der Waals surface area (Å²) in [4.78, 5) is 14.2. The molecule has 0 spiro atoms. The van der Waals surface area contributed by atoms with E-state index in [1.165, 1.54) is 0 Å². The van der Waals surface area contributed by atoms with Crippen LogP contribution in [0.5, 0.6) is 0 Å². The number of carbonyl (C=O) groups is 1. The molecule has 0 aliphatic rings. The molecule has 0 radical (unpaired) electrons. The van der Waals surface area contributed by atoms with Crippen LogP contribution in [0.1, 0.15) is 16.7 Å². The predicted octanol–water partition coefficient (Wildman–Crippen LogP) is 5.15. The Balaban J connectivity index is 1.86. The summed E-state index contributed by atoms with van der Waals surface area (Å²) >= 11 is 3.43. The third-order valence-corrected chi connectivity index (χ3v) is 5.05. The molecule has 0 saturated heterocycles. The van der Waals surface area contributed by atoms with Crippen LogP contribution in [0.25, 0.3) is 0 Å².